The van der Waals surface area contributed by atoms with Gasteiger partial charge in [-0.15, -0.1) is 0 Å². The standard InChI is InChI=1S/C11H25NO/c1-6-8-9-10-11(3,4)12(7-2)13-5/h6-10H2,1-5H3. The van der Waals surface area contributed by atoms with Gasteiger partial charge in [-0.1, -0.05) is 33.1 Å². The Labute approximate surface area is 83.2 Å². The summed E-state index contributed by atoms with van der Waals surface area (Å²) in [5, 5.41) is 2.06. The van der Waals surface area contributed by atoms with E-state index in [0.29, 0.717) is 0 Å². The summed E-state index contributed by atoms with van der Waals surface area (Å²) in [5.41, 5.74) is 0.179. The average molecular weight is 187 g/mol. The molecule has 2 nitrogen and oxygen atoms in total. The van der Waals surface area contributed by atoms with Gasteiger partial charge in [0.25, 0.3) is 0 Å². The Hall–Kier alpha value is -0.0800. The normalized spacial score (nSPS) is 12.5. The number of nitrogens with zero attached hydrogens (tertiary/aromatic N) is 1. The van der Waals surface area contributed by atoms with Gasteiger partial charge in [0.05, 0.1) is 7.11 Å². The van der Waals surface area contributed by atoms with Crippen molar-refractivity contribution in [1.29, 1.82) is 0 Å². The summed E-state index contributed by atoms with van der Waals surface area (Å²) in [4.78, 5) is 5.33. The molecule has 0 bridgehead atoms. The maximum absolute atomic E-state index is 5.33. The van der Waals surface area contributed by atoms with Gasteiger partial charge in [-0.05, 0) is 20.3 Å². The predicted octanol–water partition coefficient (Wildman–Crippen LogP) is 3.23. The van der Waals surface area contributed by atoms with Crippen LogP contribution in [0.15, 0.2) is 0 Å². The number of hydroxylamine groups is 2. The van der Waals surface area contributed by atoms with E-state index in [1.807, 2.05) is 0 Å². The van der Waals surface area contributed by atoms with Gasteiger partial charge in [-0.3, -0.25) is 0 Å². The van der Waals surface area contributed by atoms with Gasteiger partial charge in [0, 0.05) is 12.1 Å². The van der Waals surface area contributed by atoms with Crippen LogP contribution < -0.4 is 0 Å². The van der Waals surface area contributed by atoms with Crippen LogP contribution >= 0.6 is 0 Å². The lowest BCUT2D eigenvalue weighted by Crippen LogP contribution is -2.42. The first-order chi connectivity index (χ1) is 6.08. The smallest absolute Gasteiger partial charge is 0.0575 e. The lowest BCUT2D eigenvalue weighted by molar-refractivity contribution is -0.191. The Kier molecular flexibility index (Phi) is 6.35. The average Bonchev–Trinajstić information content (AvgIpc) is 2.06. The Morgan fingerprint density at radius 3 is 2.15 bits per heavy atom. The minimum absolute atomic E-state index is 0.179. The van der Waals surface area contributed by atoms with Crippen LogP contribution in [0.3, 0.4) is 0 Å². The molecule has 0 N–H and O–H groups in total. The van der Waals surface area contributed by atoms with Crippen LogP contribution in [0.1, 0.15) is 53.4 Å². The van der Waals surface area contributed by atoms with Gasteiger partial charge in [-0.25, -0.2) is 0 Å². The molecule has 0 rings (SSSR count). The summed E-state index contributed by atoms with van der Waals surface area (Å²) in [6, 6.07) is 0. The molecule has 13 heavy (non-hydrogen) atoms. The van der Waals surface area contributed by atoms with Crippen LogP contribution in [0.25, 0.3) is 0 Å². The fourth-order valence-electron chi connectivity index (χ4n) is 1.74. The van der Waals surface area contributed by atoms with Gasteiger partial charge >= 0.3 is 0 Å². The van der Waals surface area contributed by atoms with Crippen LogP contribution in [0.5, 0.6) is 0 Å². The highest BCUT2D eigenvalue weighted by atomic mass is 16.7. The summed E-state index contributed by atoms with van der Waals surface area (Å²) < 4.78 is 0. The van der Waals surface area contributed by atoms with Crippen molar-refractivity contribution in [2.75, 3.05) is 13.7 Å². The zero-order chi connectivity index (χ0) is 10.3. The second-order valence-corrected chi connectivity index (χ2v) is 4.15. The number of rotatable bonds is 7. The third-order valence-corrected chi connectivity index (χ3v) is 2.57. The summed E-state index contributed by atoms with van der Waals surface area (Å²) in [6.45, 7) is 9.81. The van der Waals surface area contributed by atoms with Crippen LogP contribution in [-0.2, 0) is 4.84 Å². The molecule has 0 spiro atoms. The molecule has 0 radical (unpaired) electrons. The van der Waals surface area contributed by atoms with Crippen molar-refractivity contribution in [2.45, 2.75) is 58.9 Å². The van der Waals surface area contributed by atoms with Crippen molar-refractivity contribution in [2.24, 2.45) is 0 Å². The molecular weight excluding hydrogens is 162 g/mol. The summed E-state index contributed by atoms with van der Waals surface area (Å²) in [6.07, 6.45) is 5.12. The van der Waals surface area contributed by atoms with E-state index >= 15 is 0 Å². The van der Waals surface area contributed by atoms with E-state index in [2.05, 4.69) is 32.8 Å². The molecule has 0 aliphatic carbocycles. The predicted molar refractivity (Wildman–Crippen MR) is 57.6 cm³/mol. The fourth-order valence-corrected chi connectivity index (χ4v) is 1.74. The van der Waals surface area contributed by atoms with Gasteiger partial charge < -0.3 is 4.84 Å². The van der Waals surface area contributed by atoms with E-state index < -0.39 is 0 Å². The second kappa shape index (κ2) is 6.39. The minimum Gasteiger partial charge on any atom is -0.302 e. The maximum Gasteiger partial charge on any atom is 0.0575 e. The van der Waals surface area contributed by atoms with Gasteiger partial charge in [0.1, 0.15) is 0 Å². The molecule has 0 aromatic carbocycles. The highest BCUT2D eigenvalue weighted by Gasteiger charge is 2.24. The minimum atomic E-state index is 0.179. The van der Waals surface area contributed by atoms with Crippen molar-refractivity contribution in [1.82, 2.24) is 5.06 Å². The Morgan fingerprint density at radius 2 is 1.77 bits per heavy atom. The maximum atomic E-state index is 5.33. The molecule has 0 aromatic heterocycles. The van der Waals surface area contributed by atoms with Crippen LogP contribution in [0.2, 0.25) is 0 Å². The topological polar surface area (TPSA) is 12.5 Å². The summed E-state index contributed by atoms with van der Waals surface area (Å²) in [5.74, 6) is 0. The van der Waals surface area contributed by atoms with Crippen LogP contribution in [0, 0.1) is 0 Å². The first-order valence-electron chi connectivity index (χ1n) is 5.40. The van der Waals surface area contributed by atoms with Gasteiger partial charge in [-0.2, -0.15) is 5.06 Å². The van der Waals surface area contributed by atoms with Crippen molar-refractivity contribution in [3.63, 3.8) is 0 Å². The molecule has 0 saturated carbocycles. The fraction of sp³-hybridized carbons (Fsp3) is 1.00. The van der Waals surface area contributed by atoms with Crippen LogP contribution in [-0.4, -0.2) is 24.3 Å². The monoisotopic (exact) mass is 187 g/mol. The molecule has 0 fully saturated rings. The number of hydrogen-bond donors (Lipinski definition) is 0. The summed E-state index contributed by atoms with van der Waals surface area (Å²) >= 11 is 0. The molecule has 0 heterocycles. The molecule has 0 amide bonds. The quantitative estimate of drug-likeness (QED) is 0.448. The van der Waals surface area contributed by atoms with E-state index in [0.717, 1.165) is 6.54 Å². The number of unbranched alkanes of at least 4 members (excludes halogenated alkanes) is 2. The zero-order valence-corrected chi connectivity index (χ0v) is 9.89. The molecular formula is C11H25NO. The van der Waals surface area contributed by atoms with E-state index in [4.69, 9.17) is 4.84 Å². The highest BCUT2D eigenvalue weighted by molar-refractivity contribution is 4.75. The van der Waals surface area contributed by atoms with E-state index in [1.54, 1.807) is 7.11 Å². The first kappa shape index (κ1) is 12.9. The molecule has 0 aliphatic rings. The highest BCUT2D eigenvalue weighted by Crippen LogP contribution is 2.21. The molecule has 0 unspecified atom stereocenters. The Bertz CT molecular complexity index is 119. The lowest BCUT2D eigenvalue weighted by atomic mass is 9.96. The third-order valence-electron chi connectivity index (χ3n) is 2.57. The van der Waals surface area contributed by atoms with Gasteiger partial charge in [0.15, 0.2) is 0 Å². The second-order valence-electron chi connectivity index (χ2n) is 4.15. The van der Waals surface area contributed by atoms with Crippen molar-refractivity contribution < 1.29 is 4.84 Å². The number of hydrogen-bond acceptors (Lipinski definition) is 2. The van der Waals surface area contributed by atoms with E-state index in [9.17, 15) is 0 Å². The van der Waals surface area contributed by atoms with E-state index in [-0.39, 0.29) is 5.54 Å². The van der Waals surface area contributed by atoms with Crippen LogP contribution in [0.4, 0.5) is 0 Å². The zero-order valence-electron chi connectivity index (χ0n) is 9.89. The van der Waals surface area contributed by atoms with Gasteiger partial charge in [0.2, 0.25) is 0 Å². The SMILES string of the molecule is CCCCCC(C)(C)N(CC)OC. The van der Waals surface area contributed by atoms with Crippen molar-refractivity contribution in [3.8, 4) is 0 Å². The third kappa shape index (κ3) is 4.63. The molecule has 80 valence electrons. The van der Waals surface area contributed by atoms with Crippen molar-refractivity contribution >= 4 is 0 Å². The summed E-state index contributed by atoms with van der Waals surface area (Å²) in [7, 11) is 1.76. The molecule has 2 heteroatoms. The molecule has 0 atom stereocenters. The molecule has 0 saturated heterocycles. The Morgan fingerprint density at radius 1 is 1.15 bits per heavy atom. The van der Waals surface area contributed by atoms with E-state index in [1.165, 1.54) is 25.7 Å². The molecule has 0 aromatic rings. The first-order valence-corrected chi connectivity index (χ1v) is 5.40. The Balaban J connectivity index is 3.88. The molecule has 0 aliphatic heterocycles. The van der Waals surface area contributed by atoms with Crippen molar-refractivity contribution in [3.05, 3.63) is 0 Å². The lowest BCUT2D eigenvalue weighted by Gasteiger charge is -2.35. The largest absolute Gasteiger partial charge is 0.302 e.